The Labute approximate surface area is 231 Å². The van der Waals surface area contributed by atoms with E-state index >= 15 is 0 Å². The Hall–Kier alpha value is -5.76. The van der Waals surface area contributed by atoms with Crippen LogP contribution in [0.1, 0.15) is 37.8 Å². The lowest BCUT2D eigenvalue weighted by Gasteiger charge is -2.34. The maximum absolute atomic E-state index is 14.1. The first kappa shape index (κ1) is 23.2. The molecule has 1 aliphatic carbocycles. The Bertz CT molecular complexity index is 2200. The lowest BCUT2D eigenvalue weighted by Crippen LogP contribution is -2.32. The van der Waals surface area contributed by atoms with E-state index < -0.39 is 10.8 Å². The van der Waals surface area contributed by atoms with E-state index in [0.29, 0.717) is 38.9 Å². The number of Topliss-reactive ketones (excluding diaryl/α,β-unsaturated/α-hetero) is 2. The molecule has 0 spiro atoms. The maximum atomic E-state index is 14.1. The van der Waals surface area contributed by atoms with Crippen molar-refractivity contribution < 1.29 is 19.2 Å². The second-order valence-electron chi connectivity index (χ2n) is 10.0. The Morgan fingerprint density at radius 1 is 0.683 bits per heavy atom. The highest BCUT2D eigenvalue weighted by molar-refractivity contribution is 6.28. The van der Waals surface area contributed by atoms with Gasteiger partial charge in [-0.1, -0.05) is 72.8 Å². The second-order valence-corrected chi connectivity index (χ2v) is 10.0. The van der Waals surface area contributed by atoms with Gasteiger partial charge in [0.15, 0.2) is 11.5 Å². The van der Waals surface area contributed by atoms with E-state index in [2.05, 4.69) is 0 Å². The van der Waals surface area contributed by atoms with Crippen LogP contribution < -0.4 is 4.74 Å². The van der Waals surface area contributed by atoms with Crippen LogP contribution in [-0.4, -0.2) is 26.5 Å². The van der Waals surface area contributed by atoms with Crippen LogP contribution in [0, 0.1) is 10.1 Å². The van der Waals surface area contributed by atoms with Crippen molar-refractivity contribution in [3.05, 3.63) is 141 Å². The first-order chi connectivity index (χ1) is 20.0. The second kappa shape index (κ2) is 8.37. The lowest BCUT2D eigenvalue weighted by molar-refractivity contribution is -0.384. The SMILES string of the molecule is O=C1C2=C(C(=O)c3ccccc31)C(c1ccc([N+](=O)[O-])cc1)c1c(c3ccccc3c3nc4ccccc4nc13)O2. The number of aromatic nitrogens is 2. The predicted molar refractivity (Wildman–Crippen MR) is 152 cm³/mol. The van der Waals surface area contributed by atoms with Gasteiger partial charge in [-0.3, -0.25) is 19.7 Å². The van der Waals surface area contributed by atoms with Gasteiger partial charge >= 0.3 is 0 Å². The molecule has 0 saturated heterocycles. The van der Waals surface area contributed by atoms with Crippen LogP contribution in [0.25, 0.3) is 32.8 Å². The Balaban J connectivity index is 1.53. The standard InChI is InChI=1S/C33H17N3O5/c37-30-20-8-2-3-9-21(20)31(38)33-27(30)25(17-13-15-18(16-14-17)36(39)40)26-29-28(34-23-11-5-6-12-24(23)35-29)19-7-1-4-10-22(19)32(26)41-33/h1-16,25H. The molecular formula is C33H17N3O5. The van der Waals surface area contributed by atoms with Crippen molar-refractivity contribution in [3.8, 4) is 5.75 Å². The molecule has 8 heteroatoms. The van der Waals surface area contributed by atoms with Gasteiger partial charge in [-0.15, -0.1) is 0 Å². The summed E-state index contributed by atoms with van der Waals surface area (Å²) >= 11 is 0. The van der Waals surface area contributed by atoms with E-state index in [1.165, 1.54) is 12.1 Å². The number of non-ortho nitro benzene ring substituents is 1. The van der Waals surface area contributed by atoms with E-state index in [9.17, 15) is 19.7 Å². The average molecular weight is 536 g/mol. The van der Waals surface area contributed by atoms with Gasteiger partial charge in [-0.25, -0.2) is 9.97 Å². The Morgan fingerprint density at radius 3 is 1.95 bits per heavy atom. The number of nitro benzene ring substituents is 1. The summed E-state index contributed by atoms with van der Waals surface area (Å²) in [6.07, 6.45) is 0. The van der Waals surface area contributed by atoms with Crippen LogP contribution in [0.3, 0.4) is 0 Å². The summed E-state index contributed by atoms with van der Waals surface area (Å²) in [5, 5.41) is 13.0. The molecular weight excluding hydrogens is 518 g/mol. The van der Waals surface area contributed by atoms with Gasteiger partial charge in [-0.05, 0) is 17.7 Å². The monoisotopic (exact) mass is 535 g/mol. The average Bonchev–Trinajstić information content (AvgIpc) is 3.02. The van der Waals surface area contributed by atoms with Gasteiger partial charge in [-0.2, -0.15) is 0 Å². The fourth-order valence-electron chi connectivity index (χ4n) is 6.00. The van der Waals surface area contributed by atoms with E-state index in [1.54, 1.807) is 36.4 Å². The summed E-state index contributed by atoms with van der Waals surface area (Å²) in [6.45, 7) is 0. The van der Waals surface area contributed by atoms with Crippen LogP contribution in [-0.2, 0) is 0 Å². The minimum absolute atomic E-state index is 0.0391. The van der Waals surface area contributed by atoms with Gasteiger partial charge in [0.1, 0.15) is 5.75 Å². The summed E-state index contributed by atoms with van der Waals surface area (Å²) in [5.74, 6) is -1.13. The molecule has 0 fully saturated rings. The van der Waals surface area contributed by atoms with Crippen molar-refractivity contribution in [3.63, 3.8) is 0 Å². The number of benzene rings is 5. The van der Waals surface area contributed by atoms with Crippen molar-refractivity contribution in [2.75, 3.05) is 0 Å². The molecule has 2 heterocycles. The molecule has 1 unspecified atom stereocenters. The van der Waals surface area contributed by atoms with Gasteiger partial charge < -0.3 is 4.74 Å². The van der Waals surface area contributed by atoms with Crippen molar-refractivity contribution in [1.82, 2.24) is 9.97 Å². The van der Waals surface area contributed by atoms with Gasteiger partial charge in [0.05, 0.1) is 32.6 Å². The number of hydrogen-bond acceptors (Lipinski definition) is 7. The quantitative estimate of drug-likeness (QED) is 0.105. The third kappa shape index (κ3) is 3.21. The number of rotatable bonds is 2. The molecule has 0 amide bonds. The van der Waals surface area contributed by atoms with Crippen molar-refractivity contribution >= 4 is 50.1 Å². The molecule has 8 rings (SSSR count). The fraction of sp³-hybridized carbons (Fsp3) is 0.0303. The highest BCUT2D eigenvalue weighted by Gasteiger charge is 2.44. The van der Waals surface area contributed by atoms with Gasteiger partial charge in [0, 0.05) is 45.5 Å². The highest BCUT2D eigenvalue weighted by Crippen LogP contribution is 2.52. The van der Waals surface area contributed by atoms with E-state index in [0.717, 1.165) is 10.8 Å². The molecule has 194 valence electrons. The van der Waals surface area contributed by atoms with Crippen LogP contribution in [0.15, 0.2) is 108 Å². The molecule has 2 aliphatic rings. The first-order valence-corrected chi connectivity index (χ1v) is 13.0. The zero-order chi connectivity index (χ0) is 27.8. The van der Waals surface area contributed by atoms with Crippen LogP contribution >= 0.6 is 0 Å². The maximum Gasteiger partial charge on any atom is 0.269 e. The van der Waals surface area contributed by atoms with Crippen molar-refractivity contribution in [2.24, 2.45) is 0 Å². The summed E-state index contributed by atoms with van der Waals surface area (Å²) in [5.41, 5.74) is 4.39. The largest absolute Gasteiger partial charge is 0.452 e. The summed E-state index contributed by atoms with van der Waals surface area (Å²) in [4.78, 5) is 49.0. The Kier molecular flexibility index (Phi) is 4.73. The van der Waals surface area contributed by atoms with Crippen LogP contribution in [0.4, 0.5) is 5.69 Å². The number of carbonyl (C=O) groups is 2. The summed E-state index contributed by atoms with van der Waals surface area (Å²) in [7, 11) is 0. The first-order valence-electron chi connectivity index (χ1n) is 13.0. The minimum Gasteiger partial charge on any atom is -0.452 e. The normalized spacial score (nSPS) is 16.0. The molecule has 0 N–H and O–H groups in total. The summed E-state index contributed by atoms with van der Waals surface area (Å²) < 4.78 is 6.46. The zero-order valence-electron chi connectivity index (χ0n) is 21.2. The van der Waals surface area contributed by atoms with Crippen LogP contribution in [0.2, 0.25) is 0 Å². The lowest BCUT2D eigenvalue weighted by atomic mass is 9.74. The number of para-hydroxylation sites is 2. The number of ketones is 2. The number of carbonyl (C=O) groups excluding carboxylic acids is 2. The van der Waals surface area contributed by atoms with Gasteiger partial charge in [0.25, 0.3) is 5.69 Å². The highest BCUT2D eigenvalue weighted by atomic mass is 16.6. The third-order valence-electron chi connectivity index (χ3n) is 7.83. The number of nitrogens with zero attached hydrogens (tertiary/aromatic N) is 3. The van der Waals surface area contributed by atoms with Crippen LogP contribution in [0.5, 0.6) is 5.75 Å². The smallest absolute Gasteiger partial charge is 0.269 e. The fourth-order valence-corrected chi connectivity index (χ4v) is 6.00. The third-order valence-corrected chi connectivity index (χ3v) is 7.83. The minimum atomic E-state index is -0.790. The molecule has 0 saturated carbocycles. The molecule has 5 aromatic carbocycles. The number of ether oxygens (including phenoxy) is 1. The molecule has 0 bridgehead atoms. The van der Waals surface area contributed by atoms with E-state index in [4.69, 9.17) is 14.7 Å². The molecule has 1 atom stereocenters. The van der Waals surface area contributed by atoms with Crippen molar-refractivity contribution in [1.29, 1.82) is 0 Å². The predicted octanol–water partition coefficient (Wildman–Crippen LogP) is 6.70. The molecule has 6 aromatic rings. The number of allylic oxidation sites excluding steroid dienone is 2. The number of fused-ring (bicyclic) bond motifs is 8. The van der Waals surface area contributed by atoms with E-state index in [1.807, 2.05) is 48.5 Å². The van der Waals surface area contributed by atoms with Crippen molar-refractivity contribution in [2.45, 2.75) is 5.92 Å². The topological polar surface area (TPSA) is 112 Å². The summed E-state index contributed by atoms with van der Waals surface area (Å²) in [6, 6.07) is 27.9. The zero-order valence-corrected chi connectivity index (χ0v) is 21.2. The molecule has 1 aromatic heterocycles. The van der Waals surface area contributed by atoms with E-state index in [-0.39, 0.29) is 39.7 Å². The Morgan fingerprint density at radius 2 is 1.27 bits per heavy atom. The molecule has 0 radical (unpaired) electrons. The molecule has 41 heavy (non-hydrogen) atoms. The molecule has 8 nitrogen and oxygen atoms in total. The number of nitro groups is 1. The number of hydrogen-bond donors (Lipinski definition) is 0. The van der Waals surface area contributed by atoms with Gasteiger partial charge in [0.2, 0.25) is 5.78 Å². The molecule has 1 aliphatic heterocycles.